The van der Waals surface area contributed by atoms with E-state index < -0.39 is 0 Å². The van der Waals surface area contributed by atoms with Gasteiger partial charge in [0.05, 0.1) is 0 Å². The second kappa shape index (κ2) is 6.55. The summed E-state index contributed by atoms with van der Waals surface area (Å²) in [5, 5.41) is 9.20. The van der Waals surface area contributed by atoms with Gasteiger partial charge in [-0.1, -0.05) is 22.0 Å². The van der Waals surface area contributed by atoms with Crippen molar-refractivity contribution in [3.05, 3.63) is 28.2 Å². The molecule has 1 unspecified atom stereocenters. The molecular weight excluding hydrogens is 292 g/mol. The van der Waals surface area contributed by atoms with Crippen LogP contribution in [0.2, 0.25) is 0 Å². The van der Waals surface area contributed by atoms with E-state index in [1.165, 1.54) is 24.1 Å². The molecule has 3 N–H and O–H groups in total. The highest BCUT2D eigenvalue weighted by atomic mass is 79.9. The van der Waals surface area contributed by atoms with E-state index >= 15 is 0 Å². The van der Waals surface area contributed by atoms with Crippen molar-refractivity contribution in [3.63, 3.8) is 0 Å². The van der Waals surface area contributed by atoms with Gasteiger partial charge in [-0.05, 0) is 37.8 Å². The number of hydrogen-bond acceptors (Lipinski definition) is 3. The van der Waals surface area contributed by atoms with Crippen molar-refractivity contribution in [2.45, 2.75) is 38.3 Å². The number of aliphatic hydroxyl groups is 1. The average molecular weight is 313 g/mol. The molecule has 0 bridgehead atoms. The number of nitrogens with two attached hydrogens (primary N) is 1. The molecule has 1 aliphatic rings. The summed E-state index contributed by atoms with van der Waals surface area (Å²) in [6, 6.07) is 6.69. The van der Waals surface area contributed by atoms with Crippen molar-refractivity contribution in [1.29, 1.82) is 0 Å². The molecule has 1 fully saturated rings. The molecule has 0 radical (unpaired) electrons. The lowest BCUT2D eigenvalue weighted by molar-refractivity contribution is 0.262. The Bertz CT molecular complexity index is 395. The summed E-state index contributed by atoms with van der Waals surface area (Å²) in [6.07, 6.45) is 4.49. The third kappa shape index (κ3) is 2.87. The minimum atomic E-state index is 0.257. The number of benzene rings is 1. The Kier molecular flexibility index (Phi) is 5.03. The number of piperidine rings is 1. The van der Waals surface area contributed by atoms with Gasteiger partial charge in [0, 0.05) is 41.5 Å². The van der Waals surface area contributed by atoms with Crippen LogP contribution in [0, 0.1) is 0 Å². The summed E-state index contributed by atoms with van der Waals surface area (Å²) in [4.78, 5) is 2.42. The van der Waals surface area contributed by atoms with Gasteiger partial charge in [-0.15, -0.1) is 0 Å². The van der Waals surface area contributed by atoms with E-state index in [-0.39, 0.29) is 6.61 Å². The fourth-order valence-corrected chi connectivity index (χ4v) is 3.30. The first-order chi connectivity index (χ1) is 8.77. The van der Waals surface area contributed by atoms with E-state index in [0.29, 0.717) is 12.6 Å². The molecule has 18 heavy (non-hydrogen) atoms. The van der Waals surface area contributed by atoms with E-state index in [4.69, 9.17) is 5.73 Å². The second-order valence-electron chi connectivity index (χ2n) is 4.80. The fourth-order valence-electron chi connectivity index (χ4n) is 2.79. The van der Waals surface area contributed by atoms with E-state index in [1.54, 1.807) is 0 Å². The summed E-state index contributed by atoms with van der Waals surface area (Å²) in [5.74, 6) is 0. The summed E-state index contributed by atoms with van der Waals surface area (Å²) in [7, 11) is 0. The van der Waals surface area contributed by atoms with Crippen LogP contribution in [0.25, 0.3) is 0 Å². The van der Waals surface area contributed by atoms with Gasteiger partial charge >= 0.3 is 0 Å². The lowest BCUT2D eigenvalue weighted by Gasteiger charge is -2.38. The van der Waals surface area contributed by atoms with Crippen LogP contribution in [-0.2, 0) is 6.54 Å². The summed E-state index contributed by atoms with van der Waals surface area (Å²) >= 11 is 3.58. The molecule has 0 spiro atoms. The van der Waals surface area contributed by atoms with Crippen LogP contribution >= 0.6 is 15.9 Å². The third-order valence-electron chi connectivity index (χ3n) is 3.70. The number of halogens is 1. The second-order valence-corrected chi connectivity index (χ2v) is 5.65. The molecule has 1 aromatic carbocycles. The Morgan fingerprint density at radius 2 is 2.22 bits per heavy atom. The zero-order valence-corrected chi connectivity index (χ0v) is 12.2. The third-order valence-corrected chi connectivity index (χ3v) is 4.44. The highest BCUT2D eigenvalue weighted by Crippen LogP contribution is 2.32. The van der Waals surface area contributed by atoms with Gasteiger partial charge in [0.1, 0.15) is 0 Å². The monoisotopic (exact) mass is 312 g/mol. The molecule has 1 heterocycles. The van der Waals surface area contributed by atoms with Crippen LogP contribution < -0.4 is 10.6 Å². The molecule has 0 saturated carbocycles. The smallest absolute Gasteiger partial charge is 0.0450 e. The summed E-state index contributed by atoms with van der Waals surface area (Å²) in [5.41, 5.74) is 8.27. The molecule has 2 rings (SSSR count). The van der Waals surface area contributed by atoms with Gasteiger partial charge < -0.3 is 15.7 Å². The van der Waals surface area contributed by atoms with Crippen LogP contribution in [0.15, 0.2) is 22.7 Å². The van der Waals surface area contributed by atoms with Crippen LogP contribution in [-0.4, -0.2) is 24.3 Å². The zero-order valence-electron chi connectivity index (χ0n) is 10.6. The molecule has 1 aromatic rings. The Hall–Kier alpha value is -0.580. The zero-order chi connectivity index (χ0) is 13.0. The SMILES string of the molecule is NCc1c(Br)cccc1N1CCCCC1CCO. The molecule has 3 nitrogen and oxygen atoms in total. The molecule has 100 valence electrons. The minimum absolute atomic E-state index is 0.257. The molecule has 0 aromatic heterocycles. The van der Waals surface area contributed by atoms with Crippen molar-refractivity contribution >= 4 is 21.6 Å². The minimum Gasteiger partial charge on any atom is -0.396 e. The van der Waals surface area contributed by atoms with Crippen molar-refractivity contribution in [2.75, 3.05) is 18.1 Å². The van der Waals surface area contributed by atoms with E-state index in [9.17, 15) is 5.11 Å². The predicted octanol–water partition coefficient (Wildman–Crippen LogP) is 2.65. The fraction of sp³-hybridized carbons (Fsp3) is 0.571. The molecule has 1 saturated heterocycles. The van der Waals surface area contributed by atoms with Gasteiger partial charge in [0.15, 0.2) is 0 Å². The maximum absolute atomic E-state index is 9.20. The summed E-state index contributed by atoms with van der Waals surface area (Å²) < 4.78 is 1.08. The summed E-state index contributed by atoms with van der Waals surface area (Å²) in [6.45, 7) is 1.86. The lowest BCUT2D eigenvalue weighted by Crippen LogP contribution is -2.40. The Labute approximate surface area is 117 Å². The highest BCUT2D eigenvalue weighted by molar-refractivity contribution is 9.10. The molecule has 1 atom stereocenters. The largest absolute Gasteiger partial charge is 0.396 e. The van der Waals surface area contributed by atoms with Crippen LogP contribution in [0.4, 0.5) is 5.69 Å². The Morgan fingerprint density at radius 1 is 1.39 bits per heavy atom. The van der Waals surface area contributed by atoms with Gasteiger partial charge in [-0.25, -0.2) is 0 Å². The van der Waals surface area contributed by atoms with Crippen molar-refractivity contribution in [3.8, 4) is 0 Å². The van der Waals surface area contributed by atoms with Gasteiger partial charge in [0.2, 0.25) is 0 Å². The van der Waals surface area contributed by atoms with E-state index in [1.807, 2.05) is 6.07 Å². The van der Waals surface area contributed by atoms with Crippen molar-refractivity contribution in [1.82, 2.24) is 0 Å². The average Bonchev–Trinajstić information content (AvgIpc) is 2.39. The van der Waals surface area contributed by atoms with Crippen molar-refractivity contribution in [2.24, 2.45) is 5.73 Å². The molecular formula is C14H21BrN2O. The highest BCUT2D eigenvalue weighted by Gasteiger charge is 2.24. The van der Waals surface area contributed by atoms with Crippen LogP contribution in [0.1, 0.15) is 31.2 Å². The standard InChI is InChI=1S/C14H21BrN2O/c15-13-5-3-6-14(12(13)10-16)17-8-2-1-4-11(17)7-9-18/h3,5-6,11,18H,1-2,4,7-10,16H2. The number of anilines is 1. The Balaban J connectivity index is 2.30. The van der Waals surface area contributed by atoms with Gasteiger partial charge in [-0.2, -0.15) is 0 Å². The number of rotatable bonds is 4. The first-order valence-corrected chi connectivity index (χ1v) is 7.42. The van der Waals surface area contributed by atoms with Gasteiger partial charge in [0.25, 0.3) is 0 Å². The number of nitrogens with zero attached hydrogens (tertiary/aromatic N) is 1. The van der Waals surface area contributed by atoms with E-state index in [0.717, 1.165) is 23.9 Å². The lowest BCUT2D eigenvalue weighted by atomic mass is 9.97. The van der Waals surface area contributed by atoms with E-state index in [2.05, 4.69) is 33.0 Å². The topological polar surface area (TPSA) is 49.5 Å². The maximum atomic E-state index is 9.20. The quantitative estimate of drug-likeness (QED) is 0.898. The van der Waals surface area contributed by atoms with Crippen molar-refractivity contribution < 1.29 is 5.11 Å². The Morgan fingerprint density at radius 3 is 2.94 bits per heavy atom. The van der Waals surface area contributed by atoms with Gasteiger partial charge in [-0.3, -0.25) is 0 Å². The molecule has 1 aliphatic heterocycles. The first kappa shape index (κ1) is 13.8. The number of hydrogen-bond donors (Lipinski definition) is 2. The number of aliphatic hydroxyl groups excluding tert-OH is 1. The normalized spacial score (nSPS) is 20.2. The van der Waals surface area contributed by atoms with Crippen LogP contribution in [0.5, 0.6) is 0 Å². The maximum Gasteiger partial charge on any atom is 0.0450 e. The molecule has 0 amide bonds. The molecule has 4 heteroatoms. The van der Waals surface area contributed by atoms with Crippen LogP contribution in [0.3, 0.4) is 0 Å². The molecule has 0 aliphatic carbocycles. The predicted molar refractivity (Wildman–Crippen MR) is 78.7 cm³/mol. The first-order valence-electron chi connectivity index (χ1n) is 6.63.